The van der Waals surface area contributed by atoms with Crippen molar-refractivity contribution in [2.24, 2.45) is 5.92 Å². The van der Waals surface area contributed by atoms with Crippen LogP contribution in [0.4, 0.5) is 0 Å². The van der Waals surface area contributed by atoms with Crippen LogP contribution < -0.4 is 10.6 Å². The first-order chi connectivity index (χ1) is 7.79. The summed E-state index contributed by atoms with van der Waals surface area (Å²) in [4.78, 5) is 3.99. The second kappa shape index (κ2) is 8.25. The van der Waals surface area contributed by atoms with E-state index in [0.29, 0.717) is 0 Å². The van der Waals surface area contributed by atoms with Crippen LogP contribution in [0.5, 0.6) is 0 Å². The fourth-order valence-corrected chi connectivity index (χ4v) is 1.46. The average Bonchev–Trinajstić information content (AvgIpc) is 2.29. The fraction of sp³-hybridized carbons (Fsp3) is 0.615. The van der Waals surface area contributed by atoms with Gasteiger partial charge in [0.1, 0.15) is 0 Å². The molecule has 0 saturated heterocycles. The van der Waals surface area contributed by atoms with Crippen molar-refractivity contribution in [1.29, 1.82) is 0 Å². The molecule has 0 saturated carbocycles. The summed E-state index contributed by atoms with van der Waals surface area (Å²) in [6, 6.07) is 4.09. The molecular formula is C13H23N3. The van der Waals surface area contributed by atoms with E-state index in [9.17, 15) is 0 Å². The quantitative estimate of drug-likeness (QED) is 0.657. The fourth-order valence-electron chi connectivity index (χ4n) is 1.46. The summed E-state index contributed by atoms with van der Waals surface area (Å²) in [6.07, 6.45) is 4.85. The summed E-state index contributed by atoms with van der Waals surface area (Å²) in [5.74, 6) is 0.741. The van der Waals surface area contributed by atoms with Gasteiger partial charge in [-0.25, -0.2) is 0 Å². The van der Waals surface area contributed by atoms with Gasteiger partial charge in [0, 0.05) is 18.9 Å². The van der Waals surface area contributed by atoms with Gasteiger partial charge in [-0.3, -0.25) is 4.98 Å². The highest BCUT2D eigenvalue weighted by atomic mass is 14.9. The van der Waals surface area contributed by atoms with Crippen molar-refractivity contribution < 1.29 is 0 Å². The molecule has 2 N–H and O–H groups in total. The van der Waals surface area contributed by atoms with Crippen molar-refractivity contribution in [3.8, 4) is 0 Å². The highest BCUT2D eigenvalue weighted by Gasteiger charge is 1.93. The summed E-state index contributed by atoms with van der Waals surface area (Å²) in [5.41, 5.74) is 1.30. The van der Waals surface area contributed by atoms with E-state index in [1.165, 1.54) is 12.0 Å². The molecule has 0 bridgehead atoms. The van der Waals surface area contributed by atoms with Crippen molar-refractivity contribution in [1.82, 2.24) is 15.6 Å². The number of nitrogens with one attached hydrogen (secondary N) is 2. The van der Waals surface area contributed by atoms with Crippen molar-refractivity contribution in [3.63, 3.8) is 0 Å². The number of nitrogens with zero attached hydrogens (tertiary/aromatic N) is 1. The van der Waals surface area contributed by atoms with Gasteiger partial charge in [-0.2, -0.15) is 0 Å². The van der Waals surface area contributed by atoms with Crippen molar-refractivity contribution in [3.05, 3.63) is 30.1 Å². The molecule has 0 aliphatic carbocycles. The molecule has 0 atom stereocenters. The molecule has 1 heterocycles. The molecule has 0 aliphatic heterocycles. The molecule has 0 radical (unpaired) electrons. The van der Waals surface area contributed by atoms with E-state index >= 15 is 0 Å². The molecule has 0 aromatic carbocycles. The molecule has 16 heavy (non-hydrogen) atoms. The van der Waals surface area contributed by atoms with Crippen LogP contribution in [0, 0.1) is 5.92 Å². The molecule has 0 aliphatic rings. The molecule has 90 valence electrons. The third-order valence-electron chi connectivity index (χ3n) is 2.34. The second-order valence-corrected chi connectivity index (χ2v) is 4.48. The zero-order chi connectivity index (χ0) is 11.6. The van der Waals surface area contributed by atoms with E-state index in [2.05, 4.69) is 29.5 Å². The maximum absolute atomic E-state index is 3.99. The minimum atomic E-state index is 0.741. The van der Waals surface area contributed by atoms with E-state index in [1.807, 2.05) is 24.5 Å². The molecule has 3 heteroatoms. The first kappa shape index (κ1) is 13.1. The molecular weight excluding hydrogens is 198 g/mol. The van der Waals surface area contributed by atoms with Gasteiger partial charge in [0.25, 0.3) is 0 Å². The van der Waals surface area contributed by atoms with E-state index in [1.54, 1.807) is 0 Å². The Kier molecular flexibility index (Phi) is 6.77. The minimum absolute atomic E-state index is 0.741. The number of hydrogen-bond donors (Lipinski definition) is 2. The van der Waals surface area contributed by atoms with Crippen molar-refractivity contribution in [2.75, 3.05) is 19.6 Å². The van der Waals surface area contributed by atoms with Gasteiger partial charge in [-0.15, -0.1) is 0 Å². The Morgan fingerprint density at radius 3 is 2.50 bits per heavy atom. The SMILES string of the molecule is CC(C)CNCCCNCc1ccncc1. The van der Waals surface area contributed by atoms with Gasteiger partial charge < -0.3 is 10.6 Å². The normalized spacial score (nSPS) is 10.9. The Morgan fingerprint density at radius 1 is 1.12 bits per heavy atom. The predicted octanol–water partition coefficient (Wildman–Crippen LogP) is 1.81. The number of hydrogen-bond acceptors (Lipinski definition) is 3. The molecule has 1 aromatic heterocycles. The molecule has 0 amide bonds. The molecule has 1 rings (SSSR count). The zero-order valence-electron chi connectivity index (χ0n) is 10.4. The van der Waals surface area contributed by atoms with Crippen LogP contribution in [0.1, 0.15) is 25.8 Å². The first-order valence-electron chi connectivity index (χ1n) is 6.09. The van der Waals surface area contributed by atoms with Crippen LogP contribution in [0.25, 0.3) is 0 Å². The largest absolute Gasteiger partial charge is 0.316 e. The van der Waals surface area contributed by atoms with Gasteiger partial charge in [-0.1, -0.05) is 13.8 Å². The lowest BCUT2D eigenvalue weighted by atomic mass is 10.2. The summed E-state index contributed by atoms with van der Waals surface area (Å²) in [5, 5.41) is 6.86. The monoisotopic (exact) mass is 221 g/mol. The Hall–Kier alpha value is -0.930. The Balaban J connectivity index is 1.93. The van der Waals surface area contributed by atoms with Crippen LogP contribution in [0.15, 0.2) is 24.5 Å². The summed E-state index contributed by atoms with van der Waals surface area (Å²) >= 11 is 0. The summed E-state index contributed by atoms with van der Waals surface area (Å²) in [6.45, 7) is 8.68. The van der Waals surface area contributed by atoms with Crippen molar-refractivity contribution >= 4 is 0 Å². The van der Waals surface area contributed by atoms with E-state index in [0.717, 1.165) is 32.1 Å². The van der Waals surface area contributed by atoms with Gasteiger partial charge in [0.2, 0.25) is 0 Å². The standard InChI is InChI=1S/C13H23N3/c1-12(2)10-15-6-3-7-16-11-13-4-8-14-9-5-13/h4-5,8-9,12,15-16H,3,6-7,10-11H2,1-2H3. The highest BCUT2D eigenvalue weighted by Crippen LogP contribution is 1.94. The van der Waals surface area contributed by atoms with Crippen LogP contribution in [-0.2, 0) is 6.54 Å². The lowest BCUT2D eigenvalue weighted by Crippen LogP contribution is -2.24. The molecule has 1 aromatic rings. The maximum atomic E-state index is 3.99. The van der Waals surface area contributed by atoms with Gasteiger partial charge in [0.05, 0.1) is 0 Å². The summed E-state index contributed by atoms with van der Waals surface area (Å²) < 4.78 is 0. The Bertz CT molecular complexity index is 259. The third kappa shape index (κ3) is 6.53. The Morgan fingerprint density at radius 2 is 1.81 bits per heavy atom. The topological polar surface area (TPSA) is 37.0 Å². The van der Waals surface area contributed by atoms with Crippen molar-refractivity contribution in [2.45, 2.75) is 26.8 Å². The lowest BCUT2D eigenvalue weighted by molar-refractivity contribution is 0.530. The minimum Gasteiger partial charge on any atom is -0.316 e. The number of pyridine rings is 1. The van der Waals surface area contributed by atoms with Crippen LogP contribution in [0.2, 0.25) is 0 Å². The Labute approximate surface area is 98.7 Å². The van der Waals surface area contributed by atoms with E-state index < -0.39 is 0 Å². The van der Waals surface area contributed by atoms with Crippen LogP contribution in [-0.4, -0.2) is 24.6 Å². The van der Waals surface area contributed by atoms with Gasteiger partial charge in [0.15, 0.2) is 0 Å². The van der Waals surface area contributed by atoms with Gasteiger partial charge in [-0.05, 0) is 49.7 Å². The van der Waals surface area contributed by atoms with Crippen LogP contribution in [0.3, 0.4) is 0 Å². The van der Waals surface area contributed by atoms with Crippen LogP contribution >= 0.6 is 0 Å². The molecule has 0 unspecified atom stereocenters. The smallest absolute Gasteiger partial charge is 0.0271 e. The van der Waals surface area contributed by atoms with E-state index in [-0.39, 0.29) is 0 Å². The predicted molar refractivity (Wildman–Crippen MR) is 68.3 cm³/mol. The van der Waals surface area contributed by atoms with E-state index in [4.69, 9.17) is 0 Å². The zero-order valence-corrected chi connectivity index (χ0v) is 10.4. The summed E-state index contributed by atoms with van der Waals surface area (Å²) in [7, 11) is 0. The maximum Gasteiger partial charge on any atom is 0.0271 e. The number of aromatic nitrogens is 1. The number of rotatable bonds is 8. The second-order valence-electron chi connectivity index (χ2n) is 4.48. The average molecular weight is 221 g/mol. The molecule has 0 spiro atoms. The van der Waals surface area contributed by atoms with Gasteiger partial charge >= 0.3 is 0 Å². The molecule has 0 fully saturated rings. The first-order valence-corrected chi connectivity index (χ1v) is 6.09. The lowest BCUT2D eigenvalue weighted by Gasteiger charge is -2.08. The highest BCUT2D eigenvalue weighted by molar-refractivity contribution is 5.08. The molecule has 3 nitrogen and oxygen atoms in total. The third-order valence-corrected chi connectivity index (χ3v) is 2.34.